The molecule has 0 aromatic heterocycles. The number of nitriles is 1. The third-order valence-corrected chi connectivity index (χ3v) is 2.67. The second kappa shape index (κ2) is 4.09. The first-order chi connectivity index (χ1) is 6.44. The predicted octanol–water partition coefficient (Wildman–Crippen LogP) is 1.82. The van der Waals surface area contributed by atoms with Crippen LogP contribution in [0, 0.1) is 11.3 Å². The van der Waals surface area contributed by atoms with Crippen LogP contribution in [0.4, 0.5) is 4.79 Å². The summed E-state index contributed by atoms with van der Waals surface area (Å²) in [4.78, 5) is 13.0. The van der Waals surface area contributed by atoms with Gasteiger partial charge >= 0.3 is 6.09 Å². The van der Waals surface area contributed by atoms with Gasteiger partial charge in [0.2, 0.25) is 0 Å². The number of rotatable bonds is 0. The molecule has 1 aliphatic rings. The molecule has 1 amide bonds. The molecule has 0 unspecified atom stereocenters. The lowest BCUT2D eigenvalue weighted by Gasteiger charge is -2.25. The largest absolute Gasteiger partial charge is 0.444 e. The van der Waals surface area contributed by atoms with E-state index in [1.54, 1.807) is 11.8 Å². The van der Waals surface area contributed by atoms with Gasteiger partial charge in [-0.25, -0.2) is 4.79 Å². The van der Waals surface area contributed by atoms with Gasteiger partial charge in [-0.15, -0.1) is 11.8 Å². The van der Waals surface area contributed by atoms with Crippen molar-refractivity contribution in [2.45, 2.75) is 32.4 Å². The van der Waals surface area contributed by atoms with E-state index in [-0.39, 0.29) is 6.04 Å². The second-order valence-corrected chi connectivity index (χ2v) is 5.09. The first-order valence-electron chi connectivity index (χ1n) is 4.41. The lowest BCUT2D eigenvalue weighted by Crippen LogP contribution is -2.39. The summed E-state index contributed by atoms with van der Waals surface area (Å²) in [6, 6.07) is 1.75. The van der Waals surface area contributed by atoms with Crippen LogP contribution in [0.1, 0.15) is 20.8 Å². The maximum Gasteiger partial charge on any atom is 0.412 e. The summed E-state index contributed by atoms with van der Waals surface area (Å²) in [6.07, 6.45) is -0.394. The molecule has 0 aromatic carbocycles. The number of hydrogen-bond donors (Lipinski definition) is 0. The molecule has 1 saturated heterocycles. The Morgan fingerprint density at radius 3 is 2.79 bits per heavy atom. The Morgan fingerprint density at radius 2 is 2.29 bits per heavy atom. The second-order valence-electron chi connectivity index (χ2n) is 4.09. The van der Waals surface area contributed by atoms with Gasteiger partial charge in [-0.3, -0.25) is 4.90 Å². The van der Waals surface area contributed by atoms with Crippen LogP contribution in [0.5, 0.6) is 0 Å². The first-order valence-corrected chi connectivity index (χ1v) is 5.56. The minimum absolute atomic E-state index is 0.338. The van der Waals surface area contributed by atoms with Crippen LogP contribution in [0.25, 0.3) is 0 Å². The van der Waals surface area contributed by atoms with Crippen LogP contribution in [0.2, 0.25) is 0 Å². The van der Waals surface area contributed by atoms with Crippen LogP contribution in [-0.2, 0) is 4.74 Å². The van der Waals surface area contributed by atoms with E-state index in [1.165, 1.54) is 4.90 Å². The molecule has 78 valence electrons. The van der Waals surface area contributed by atoms with Crippen molar-refractivity contribution in [2.24, 2.45) is 0 Å². The van der Waals surface area contributed by atoms with E-state index < -0.39 is 11.7 Å². The number of nitrogens with zero attached hydrogens (tertiary/aromatic N) is 2. The van der Waals surface area contributed by atoms with Gasteiger partial charge in [0.1, 0.15) is 11.6 Å². The van der Waals surface area contributed by atoms with E-state index in [2.05, 4.69) is 6.07 Å². The number of thioether (sulfide) groups is 1. The van der Waals surface area contributed by atoms with Crippen molar-refractivity contribution in [3.05, 3.63) is 0 Å². The zero-order valence-corrected chi connectivity index (χ0v) is 9.43. The highest BCUT2D eigenvalue weighted by Crippen LogP contribution is 2.22. The first kappa shape index (κ1) is 11.2. The van der Waals surface area contributed by atoms with Crippen molar-refractivity contribution in [3.63, 3.8) is 0 Å². The van der Waals surface area contributed by atoms with Gasteiger partial charge in [-0.05, 0) is 20.8 Å². The number of carbonyl (C=O) groups is 1. The van der Waals surface area contributed by atoms with Crippen LogP contribution in [0.3, 0.4) is 0 Å². The van der Waals surface area contributed by atoms with Crippen molar-refractivity contribution in [3.8, 4) is 6.07 Å². The fraction of sp³-hybridized carbons (Fsp3) is 0.778. The lowest BCUT2D eigenvalue weighted by molar-refractivity contribution is 0.0273. The molecule has 1 aliphatic heterocycles. The number of ether oxygens (including phenoxy) is 1. The minimum atomic E-state index is -0.496. The van der Waals surface area contributed by atoms with Crippen molar-refractivity contribution < 1.29 is 9.53 Å². The topological polar surface area (TPSA) is 53.3 Å². The summed E-state index contributed by atoms with van der Waals surface area (Å²) in [5, 5.41) is 8.77. The average Bonchev–Trinajstić information content (AvgIpc) is 2.47. The molecular weight excluding hydrogens is 200 g/mol. The number of amides is 1. The zero-order chi connectivity index (χ0) is 10.8. The minimum Gasteiger partial charge on any atom is -0.444 e. The van der Waals surface area contributed by atoms with Gasteiger partial charge in [-0.1, -0.05) is 0 Å². The van der Waals surface area contributed by atoms with Gasteiger partial charge in [0.25, 0.3) is 0 Å². The molecule has 0 aliphatic carbocycles. The Hall–Kier alpha value is -0.890. The van der Waals surface area contributed by atoms with Crippen molar-refractivity contribution in [2.75, 3.05) is 11.6 Å². The Morgan fingerprint density at radius 1 is 1.64 bits per heavy atom. The predicted molar refractivity (Wildman–Crippen MR) is 54.8 cm³/mol. The van der Waals surface area contributed by atoms with Crippen LogP contribution >= 0.6 is 11.8 Å². The standard InChI is InChI=1S/C9H14N2O2S/c1-9(2,3)13-8(12)11-6-14-5-7(11)4-10/h7H,5-6H2,1-3H3/t7-/m0/s1. The third kappa shape index (κ3) is 2.81. The highest BCUT2D eigenvalue weighted by atomic mass is 32.2. The molecule has 1 fully saturated rings. The number of carbonyl (C=O) groups excluding carboxylic acids is 1. The highest BCUT2D eigenvalue weighted by Gasteiger charge is 2.32. The molecule has 1 heterocycles. The van der Waals surface area contributed by atoms with Crippen molar-refractivity contribution in [1.29, 1.82) is 5.26 Å². The normalized spacial score (nSPS) is 21.9. The molecule has 0 aromatic rings. The zero-order valence-electron chi connectivity index (χ0n) is 8.61. The summed E-state index contributed by atoms with van der Waals surface area (Å²) in [6.45, 7) is 5.44. The molecule has 0 bridgehead atoms. The van der Waals surface area contributed by atoms with Gasteiger partial charge in [0.15, 0.2) is 0 Å². The maximum absolute atomic E-state index is 11.6. The SMILES string of the molecule is CC(C)(C)OC(=O)N1CSC[C@@H]1C#N. The van der Waals surface area contributed by atoms with Crippen LogP contribution < -0.4 is 0 Å². The summed E-state index contributed by atoms with van der Waals surface area (Å²) in [7, 11) is 0. The van der Waals surface area contributed by atoms with Gasteiger partial charge < -0.3 is 4.74 Å². The Bertz CT molecular complexity index is 267. The summed E-state index contributed by atoms with van der Waals surface area (Å²) >= 11 is 1.57. The van der Waals surface area contributed by atoms with E-state index in [0.29, 0.717) is 11.6 Å². The molecule has 14 heavy (non-hydrogen) atoms. The molecule has 0 N–H and O–H groups in total. The van der Waals surface area contributed by atoms with E-state index in [0.717, 1.165) is 0 Å². The monoisotopic (exact) mass is 214 g/mol. The molecule has 5 heteroatoms. The lowest BCUT2D eigenvalue weighted by atomic mass is 10.2. The van der Waals surface area contributed by atoms with E-state index >= 15 is 0 Å². The van der Waals surface area contributed by atoms with E-state index in [9.17, 15) is 4.79 Å². The van der Waals surface area contributed by atoms with Crippen LogP contribution in [-0.4, -0.2) is 34.3 Å². The maximum atomic E-state index is 11.6. The molecule has 1 rings (SSSR count). The fourth-order valence-electron chi connectivity index (χ4n) is 1.05. The quantitative estimate of drug-likeness (QED) is 0.617. The highest BCUT2D eigenvalue weighted by molar-refractivity contribution is 7.99. The Balaban J connectivity index is 2.57. The summed E-state index contributed by atoms with van der Waals surface area (Å²) in [5.41, 5.74) is -0.496. The van der Waals surface area contributed by atoms with E-state index in [4.69, 9.17) is 10.00 Å². The fourth-order valence-corrected chi connectivity index (χ4v) is 2.12. The van der Waals surface area contributed by atoms with Gasteiger partial charge in [0.05, 0.1) is 11.9 Å². The molecular formula is C9H14N2O2S. The van der Waals surface area contributed by atoms with Crippen LogP contribution in [0.15, 0.2) is 0 Å². The van der Waals surface area contributed by atoms with Gasteiger partial charge in [-0.2, -0.15) is 5.26 Å². The Kier molecular flexibility index (Phi) is 3.27. The average molecular weight is 214 g/mol. The Labute approximate surface area is 88.2 Å². The molecule has 4 nitrogen and oxygen atoms in total. The number of hydrogen-bond acceptors (Lipinski definition) is 4. The van der Waals surface area contributed by atoms with Crippen molar-refractivity contribution in [1.82, 2.24) is 4.90 Å². The molecule has 0 saturated carbocycles. The molecule has 0 spiro atoms. The summed E-state index contributed by atoms with van der Waals surface area (Å²) in [5.74, 6) is 1.23. The third-order valence-electron chi connectivity index (χ3n) is 1.66. The van der Waals surface area contributed by atoms with Gasteiger partial charge in [0, 0.05) is 5.75 Å². The van der Waals surface area contributed by atoms with E-state index in [1.807, 2.05) is 20.8 Å². The van der Waals surface area contributed by atoms with Crippen molar-refractivity contribution >= 4 is 17.9 Å². The molecule has 1 atom stereocenters. The summed E-state index contributed by atoms with van der Waals surface area (Å²) < 4.78 is 5.18. The molecule has 0 radical (unpaired) electrons. The smallest absolute Gasteiger partial charge is 0.412 e.